The number of nitrogens with one attached hydrogen (secondary N) is 1. The van der Waals surface area contributed by atoms with Gasteiger partial charge in [0, 0.05) is 36.7 Å². The molecule has 1 N–H and O–H groups in total. The van der Waals surface area contributed by atoms with Crippen LogP contribution in [0.25, 0.3) is 0 Å². The van der Waals surface area contributed by atoms with Crippen LogP contribution in [0, 0.1) is 0 Å². The lowest BCUT2D eigenvalue weighted by molar-refractivity contribution is 0.0939. The molecule has 1 unspecified atom stereocenters. The Balaban J connectivity index is 2.63. The summed E-state index contributed by atoms with van der Waals surface area (Å²) in [4.78, 5) is 13.9. The van der Waals surface area contributed by atoms with E-state index in [0.29, 0.717) is 5.56 Å². The van der Waals surface area contributed by atoms with Crippen LogP contribution in [0.15, 0.2) is 24.3 Å². The van der Waals surface area contributed by atoms with Gasteiger partial charge in [-0.05, 0) is 37.6 Å². The number of hydrogen-bond acceptors (Lipinski definition) is 2. The van der Waals surface area contributed by atoms with Crippen LogP contribution in [0.5, 0.6) is 0 Å². The third-order valence-corrected chi connectivity index (χ3v) is 3.02. The number of carbonyl (C=O) groups is 1. The van der Waals surface area contributed by atoms with E-state index in [2.05, 4.69) is 21.2 Å². The lowest BCUT2D eigenvalue weighted by atomic mass is 10.1. The molecule has 1 aromatic carbocycles. The van der Waals surface area contributed by atoms with Crippen LogP contribution in [0.3, 0.4) is 0 Å². The first kappa shape index (κ1) is 14.0. The Kier molecular flexibility index (Phi) is 5.48. The first-order valence-corrected chi connectivity index (χ1v) is 6.81. The van der Waals surface area contributed by atoms with E-state index in [1.165, 1.54) is 0 Å². The lowest BCUT2D eigenvalue weighted by Gasteiger charge is -2.14. The standard InChI is InChI=1S/C13H19BrN2O/c1-10(8-9-14)15-13(17)11-4-6-12(7-5-11)16(2)3/h4-7,10H,8-9H2,1-3H3,(H,15,17). The number of hydrogen-bond donors (Lipinski definition) is 1. The Bertz CT molecular complexity index is 362. The molecule has 3 nitrogen and oxygen atoms in total. The second-order valence-electron chi connectivity index (χ2n) is 4.29. The zero-order valence-electron chi connectivity index (χ0n) is 10.5. The summed E-state index contributed by atoms with van der Waals surface area (Å²) >= 11 is 3.36. The van der Waals surface area contributed by atoms with Crippen LogP contribution in [0.4, 0.5) is 5.69 Å². The molecule has 0 saturated carbocycles. The maximum Gasteiger partial charge on any atom is 0.251 e. The smallest absolute Gasteiger partial charge is 0.251 e. The van der Waals surface area contributed by atoms with Crippen molar-refractivity contribution in [1.82, 2.24) is 5.32 Å². The molecule has 0 fully saturated rings. The van der Waals surface area contributed by atoms with Crippen molar-refractivity contribution >= 4 is 27.5 Å². The van der Waals surface area contributed by atoms with Crippen LogP contribution >= 0.6 is 15.9 Å². The lowest BCUT2D eigenvalue weighted by Crippen LogP contribution is -2.32. The van der Waals surface area contributed by atoms with Crippen molar-refractivity contribution in [3.8, 4) is 0 Å². The van der Waals surface area contributed by atoms with Gasteiger partial charge in [0.2, 0.25) is 0 Å². The van der Waals surface area contributed by atoms with Gasteiger partial charge < -0.3 is 10.2 Å². The molecule has 0 aliphatic carbocycles. The summed E-state index contributed by atoms with van der Waals surface area (Å²) in [7, 11) is 3.96. The molecule has 0 aliphatic heterocycles. The SMILES string of the molecule is CC(CCBr)NC(=O)c1ccc(N(C)C)cc1. The van der Waals surface area contributed by atoms with E-state index in [4.69, 9.17) is 0 Å². The van der Waals surface area contributed by atoms with Crippen molar-refractivity contribution in [1.29, 1.82) is 0 Å². The predicted molar refractivity (Wildman–Crippen MR) is 76.1 cm³/mol. The highest BCUT2D eigenvalue weighted by Crippen LogP contribution is 2.12. The normalized spacial score (nSPS) is 12.0. The van der Waals surface area contributed by atoms with E-state index in [1.807, 2.05) is 50.2 Å². The Hall–Kier alpha value is -1.03. The van der Waals surface area contributed by atoms with Crippen molar-refractivity contribution in [2.75, 3.05) is 24.3 Å². The highest BCUT2D eigenvalue weighted by Gasteiger charge is 2.09. The summed E-state index contributed by atoms with van der Waals surface area (Å²) < 4.78 is 0. The minimum Gasteiger partial charge on any atom is -0.378 e. The molecule has 94 valence electrons. The second kappa shape index (κ2) is 6.64. The average Bonchev–Trinajstić information content (AvgIpc) is 2.29. The molecule has 0 spiro atoms. The largest absolute Gasteiger partial charge is 0.378 e. The topological polar surface area (TPSA) is 32.3 Å². The molecule has 0 aromatic heterocycles. The van der Waals surface area contributed by atoms with Crippen LogP contribution in [0.2, 0.25) is 0 Å². The Morgan fingerprint density at radius 1 is 1.35 bits per heavy atom. The summed E-state index contributed by atoms with van der Waals surface area (Å²) in [6.45, 7) is 2.01. The van der Waals surface area contributed by atoms with Crippen molar-refractivity contribution < 1.29 is 4.79 Å². The van der Waals surface area contributed by atoms with Gasteiger partial charge in [0.05, 0.1) is 0 Å². The van der Waals surface area contributed by atoms with Gasteiger partial charge in [-0.2, -0.15) is 0 Å². The minimum atomic E-state index is -0.0104. The molecule has 0 bridgehead atoms. The highest BCUT2D eigenvalue weighted by molar-refractivity contribution is 9.09. The third kappa shape index (κ3) is 4.38. The van der Waals surface area contributed by atoms with Gasteiger partial charge in [0.1, 0.15) is 0 Å². The van der Waals surface area contributed by atoms with Crippen molar-refractivity contribution in [3.63, 3.8) is 0 Å². The van der Waals surface area contributed by atoms with E-state index >= 15 is 0 Å². The maximum atomic E-state index is 11.9. The first-order chi connectivity index (χ1) is 8.04. The molecular weight excluding hydrogens is 280 g/mol. The fourth-order valence-corrected chi connectivity index (χ4v) is 2.14. The van der Waals surface area contributed by atoms with E-state index in [1.54, 1.807) is 0 Å². The van der Waals surface area contributed by atoms with E-state index in [9.17, 15) is 4.79 Å². The van der Waals surface area contributed by atoms with Crippen LogP contribution in [-0.4, -0.2) is 31.4 Å². The summed E-state index contributed by atoms with van der Waals surface area (Å²) in [5, 5.41) is 3.86. The number of alkyl halides is 1. The van der Waals surface area contributed by atoms with Crippen molar-refractivity contribution in [3.05, 3.63) is 29.8 Å². The fourth-order valence-electron chi connectivity index (χ4n) is 1.45. The van der Waals surface area contributed by atoms with Gasteiger partial charge in [-0.1, -0.05) is 15.9 Å². The van der Waals surface area contributed by atoms with Gasteiger partial charge in [-0.25, -0.2) is 0 Å². The molecule has 1 atom stereocenters. The quantitative estimate of drug-likeness (QED) is 0.848. The zero-order valence-corrected chi connectivity index (χ0v) is 12.1. The van der Waals surface area contributed by atoms with Gasteiger partial charge in [0.25, 0.3) is 5.91 Å². The molecule has 0 saturated heterocycles. The molecular formula is C13H19BrN2O. The second-order valence-corrected chi connectivity index (χ2v) is 5.09. The molecule has 17 heavy (non-hydrogen) atoms. The average molecular weight is 299 g/mol. The number of benzene rings is 1. The van der Waals surface area contributed by atoms with Gasteiger partial charge in [-0.3, -0.25) is 4.79 Å². The zero-order chi connectivity index (χ0) is 12.8. The molecule has 0 aliphatic rings. The molecule has 0 heterocycles. The van der Waals surface area contributed by atoms with Crippen molar-refractivity contribution in [2.24, 2.45) is 0 Å². The van der Waals surface area contributed by atoms with E-state index < -0.39 is 0 Å². The molecule has 0 radical (unpaired) electrons. The maximum absolute atomic E-state index is 11.9. The molecule has 1 aromatic rings. The van der Waals surface area contributed by atoms with Crippen LogP contribution < -0.4 is 10.2 Å². The summed E-state index contributed by atoms with van der Waals surface area (Å²) in [6.07, 6.45) is 0.932. The van der Waals surface area contributed by atoms with Gasteiger partial charge >= 0.3 is 0 Å². The van der Waals surface area contributed by atoms with E-state index in [-0.39, 0.29) is 11.9 Å². The van der Waals surface area contributed by atoms with Crippen LogP contribution in [0.1, 0.15) is 23.7 Å². The van der Waals surface area contributed by atoms with Crippen molar-refractivity contribution in [2.45, 2.75) is 19.4 Å². The molecule has 4 heteroatoms. The molecule has 1 amide bonds. The number of rotatable bonds is 5. The third-order valence-electron chi connectivity index (χ3n) is 2.57. The van der Waals surface area contributed by atoms with Gasteiger partial charge in [0.15, 0.2) is 0 Å². The number of amides is 1. The minimum absolute atomic E-state index is 0.0104. The highest BCUT2D eigenvalue weighted by atomic mass is 79.9. The first-order valence-electron chi connectivity index (χ1n) is 5.69. The van der Waals surface area contributed by atoms with Gasteiger partial charge in [-0.15, -0.1) is 0 Å². The number of nitrogens with zero attached hydrogens (tertiary/aromatic N) is 1. The molecule has 1 rings (SSSR count). The Labute approximate surface area is 111 Å². The monoisotopic (exact) mass is 298 g/mol. The number of carbonyl (C=O) groups excluding carboxylic acids is 1. The van der Waals surface area contributed by atoms with E-state index in [0.717, 1.165) is 17.4 Å². The van der Waals surface area contributed by atoms with Crippen LogP contribution in [-0.2, 0) is 0 Å². The predicted octanol–water partition coefficient (Wildman–Crippen LogP) is 2.66. The number of anilines is 1. The Morgan fingerprint density at radius 2 is 1.94 bits per heavy atom. The summed E-state index contributed by atoms with van der Waals surface area (Å²) in [5.41, 5.74) is 1.80. The summed E-state index contributed by atoms with van der Waals surface area (Å²) in [6, 6.07) is 7.79. The Morgan fingerprint density at radius 3 is 2.41 bits per heavy atom. The number of halogens is 1. The summed E-state index contributed by atoms with van der Waals surface area (Å²) in [5.74, 6) is -0.0104. The fraction of sp³-hybridized carbons (Fsp3) is 0.462.